The Morgan fingerprint density at radius 1 is 1.12 bits per heavy atom. The maximum Gasteiger partial charge on any atom is 0.342 e. The van der Waals surface area contributed by atoms with Crippen LogP contribution < -0.4 is 4.74 Å². The SMILES string of the molecule is C[C@H]1CCCC(=O)CCCC=Cc2cc(OCc3ccc(Cl)cc3Cl)cc(O)c2C(=O)O1. The Morgan fingerprint density at radius 2 is 1.91 bits per heavy atom. The average Bonchev–Trinajstić information content (AvgIpc) is 2.72. The van der Waals surface area contributed by atoms with Gasteiger partial charge in [-0.15, -0.1) is 0 Å². The molecule has 0 aromatic heterocycles. The number of halogens is 2. The number of hydrogen-bond donors (Lipinski definition) is 1. The maximum atomic E-state index is 12.8. The van der Waals surface area contributed by atoms with E-state index in [0.29, 0.717) is 53.5 Å². The van der Waals surface area contributed by atoms with E-state index in [0.717, 1.165) is 12.0 Å². The summed E-state index contributed by atoms with van der Waals surface area (Å²) in [6.07, 6.45) is 6.97. The van der Waals surface area contributed by atoms with Crippen LogP contribution >= 0.6 is 23.2 Å². The predicted octanol–water partition coefficient (Wildman–Crippen LogP) is 6.76. The molecule has 1 aliphatic heterocycles. The van der Waals surface area contributed by atoms with Crippen LogP contribution in [0, 0.1) is 0 Å². The number of carbonyl (C=O) groups excluding carboxylic acids is 2. The lowest BCUT2D eigenvalue weighted by molar-refractivity contribution is -0.119. The second-order valence-electron chi connectivity index (χ2n) is 7.87. The first-order chi connectivity index (χ1) is 15.3. The number of esters is 1. The normalized spacial score (nSPS) is 17.9. The van der Waals surface area contributed by atoms with Crippen LogP contribution in [-0.4, -0.2) is 23.0 Å². The summed E-state index contributed by atoms with van der Waals surface area (Å²) in [6.45, 7) is 1.95. The molecule has 1 N–H and O–H groups in total. The van der Waals surface area contributed by atoms with E-state index in [4.69, 9.17) is 32.7 Å². The monoisotopic (exact) mass is 476 g/mol. The second-order valence-corrected chi connectivity index (χ2v) is 8.72. The van der Waals surface area contributed by atoms with Gasteiger partial charge >= 0.3 is 5.97 Å². The van der Waals surface area contributed by atoms with Crippen molar-refractivity contribution in [3.8, 4) is 11.5 Å². The molecule has 170 valence electrons. The standard InChI is InChI=1S/C25H26Cl2O5/c1-16-6-5-9-20(28)8-4-2-3-7-17-12-21(14-23(29)24(17)25(30)32-16)31-15-18-10-11-19(26)13-22(18)27/h3,7,10-14,16,29H,2,4-6,8-9,15H2,1H3/t16-/m0/s1. The highest BCUT2D eigenvalue weighted by Gasteiger charge is 2.21. The highest BCUT2D eigenvalue weighted by molar-refractivity contribution is 6.35. The first-order valence-electron chi connectivity index (χ1n) is 10.7. The molecule has 0 fully saturated rings. The van der Waals surface area contributed by atoms with Crippen LogP contribution in [0.15, 0.2) is 36.4 Å². The van der Waals surface area contributed by atoms with Crippen LogP contribution in [0.25, 0.3) is 6.08 Å². The maximum absolute atomic E-state index is 12.8. The molecule has 32 heavy (non-hydrogen) atoms. The minimum absolute atomic E-state index is 0.0955. The zero-order chi connectivity index (χ0) is 23.1. The summed E-state index contributed by atoms with van der Waals surface area (Å²) in [4.78, 5) is 24.7. The number of allylic oxidation sites excluding steroid dienone is 1. The molecule has 0 saturated carbocycles. The predicted molar refractivity (Wildman–Crippen MR) is 126 cm³/mol. The van der Waals surface area contributed by atoms with Crippen molar-refractivity contribution in [2.75, 3.05) is 0 Å². The third-order valence-corrected chi connectivity index (χ3v) is 5.82. The number of carbonyl (C=O) groups is 2. The molecule has 0 radical (unpaired) electrons. The van der Waals surface area contributed by atoms with Gasteiger partial charge in [0.05, 0.1) is 6.10 Å². The summed E-state index contributed by atoms with van der Waals surface area (Å²) in [5, 5.41) is 11.6. The van der Waals surface area contributed by atoms with Crippen molar-refractivity contribution in [2.45, 2.75) is 58.2 Å². The van der Waals surface area contributed by atoms with Crippen molar-refractivity contribution in [3.63, 3.8) is 0 Å². The van der Waals surface area contributed by atoms with Crippen molar-refractivity contribution in [1.82, 2.24) is 0 Å². The zero-order valence-corrected chi connectivity index (χ0v) is 19.4. The van der Waals surface area contributed by atoms with Gasteiger partial charge < -0.3 is 14.6 Å². The zero-order valence-electron chi connectivity index (χ0n) is 17.9. The molecule has 7 heteroatoms. The van der Waals surface area contributed by atoms with Crippen molar-refractivity contribution in [1.29, 1.82) is 0 Å². The number of aromatic hydroxyl groups is 1. The molecular weight excluding hydrogens is 451 g/mol. The average molecular weight is 477 g/mol. The molecule has 0 unspecified atom stereocenters. The minimum atomic E-state index is -0.606. The number of Topliss-reactive ketones (excluding diaryl/α,β-unsaturated/α-hetero) is 1. The van der Waals surface area contributed by atoms with E-state index in [1.54, 1.807) is 37.3 Å². The third-order valence-electron chi connectivity index (χ3n) is 5.23. The van der Waals surface area contributed by atoms with E-state index in [9.17, 15) is 14.7 Å². The number of ketones is 1. The number of benzene rings is 2. The number of phenolic OH excluding ortho intramolecular Hbond substituents is 1. The van der Waals surface area contributed by atoms with Crippen molar-refractivity contribution >= 4 is 41.0 Å². The fourth-order valence-corrected chi connectivity index (χ4v) is 3.96. The van der Waals surface area contributed by atoms with Gasteiger partial charge in [-0.05, 0) is 56.4 Å². The van der Waals surface area contributed by atoms with Gasteiger partial charge in [0.2, 0.25) is 0 Å². The first-order valence-corrected chi connectivity index (χ1v) is 11.4. The molecule has 3 rings (SSSR count). The van der Waals surface area contributed by atoms with E-state index in [1.807, 2.05) is 6.08 Å². The van der Waals surface area contributed by atoms with Gasteiger partial charge in [-0.25, -0.2) is 4.79 Å². The Hall–Kier alpha value is -2.50. The highest BCUT2D eigenvalue weighted by Crippen LogP contribution is 2.32. The lowest BCUT2D eigenvalue weighted by Crippen LogP contribution is -2.17. The number of phenols is 1. The van der Waals surface area contributed by atoms with E-state index in [-0.39, 0.29) is 29.8 Å². The summed E-state index contributed by atoms with van der Waals surface area (Å²) in [7, 11) is 0. The fraction of sp³-hybridized carbons (Fsp3) is 0.360. The quantitative estimate of drug-likeness (QED) is 0.495. The summed E-state index contributed by atoms with van der Waals surface area (Å²) in [6, 6.07) is 8.19. The van der Waals surface area contributed by atoms with E-state index < -0.39 is 5.97 Å². The molecule has 0 amide bonds. The molecule has 5 nitrogen and oxygen atoms in total. The summed E-state index contributed by atoms with van der Waals surface area (Å²) < 4.78 is 11.3. The van der Waals surface area contributed by atoms with Crippen LogP contribution in [0.5, 0.6) is 11.5 Å². The third kappa shape index (κ3) is 6.75. The molecule has 0 bridgehead atoms. The molecule has 1 heterocycles. The van der Waals surface area contributed by atoms with Gasteiger partial charge in [-0.2, -0.15) is 0 Å². The number of fused-ring (bicyclic) bond motifs is 1. The Kier molecular flexibility index (Phi) is 8.60. The second kappa shape index (κ2) is 11.4. The van der Waals surface area contributed by atoms with Gasteiger partial charge in [0.15, 0.2) is 0 Å². The molecule has 1 aliphatic rings. The van der Waals surface area contributed by atoms with Crippen LogP contribution in [0.2, 0.25) is 10.0 Å². The molecule has 0 saturated heterocycles. The Morgan fingerprint density at radius 3 is 2.69 bits per heavy atom. The lowest BCUT2D eigenvalue weighted by atomic mass is 10.0. The van der Waals surface area contributed by atoms with E-state index in [1.165, 1.54) is 6.07 Å². The van der Waals surface area contributed by atoms with Crippen LogP contribution in [0.1, 0.15) is 66.9 Å². The van der Waals surface area contributed by atoms with Gasteiger partial charge in [0.1, 0.15) is 29.5 Å². The summed E-state index contributed by atoms with van der Waals surface area (Å²) in [5.41, 5.74) is 1.32. The molecule has 2 aromatic rings. The van der Waals surface area contributed by atoms with Gasteiger partial charge in [-0.1, -0.05) is 41.4 Å². The van der Waals surface area contributed by atoms with Crippen LogP contribution in [0.3, 0.4) is 0 Å². The number of ether oxygens (including phenoxy) is 2. The topological polar surface area (TPSA) is 72.8 Å². The van der Waals surface area contributed by atoms with Gasteiger partial charge in [-0.3, -0.25) is 4.79 Å². The molecule has 0 spiro atoms. The number of rotatable bonds is 3. The fourth-order valence-electron chi connectivity index (χ4n) is 3.50. The van der Waals surface area contributed by atoms with Gasteiger partial charge in [0.25, 0.3) is 0 Å². The molecular formula is C25H26Cl2O5. The molecule has 0 aliphatic carbocycles. The Bertz CT molecular complexity index is 1020. The molecule has 1 atom stereocenters. The Balaban J connectivity index is 1.86. The van der Waals surface area contributed by atoms with E-state index >= 15 is 0 Å². The van der Waals surface area contributed by atoms with Crippen LogP contribution in [-0.2, 0) is 16.1 Å². The van der Waals surface area contributed by atoms with Crippen LogP contribution in [0.4, 0.5) is 0 Å². The van der Waals surface area contributed by atoms with Gasteiger partial charge in [0, 0.05) is 34.5 Å². The highest BCUT2D eigenvalue weighted by atomic mass is 35.5. The van der Waals surface area contributed by atoms with Crippen molar-refractivity contribution in [2.24, 2.45) is 0 Å². The minimum Gasteiger partial charge on any atom is -0.507 e. The lowest BCUT2D eigenvalue weighted by Gasteiger charge is -2.17. The summed E-state index contributed by atoms with van der Waals surface area (Å²) in [5.74, 6) is -0.216. The number of hydrogen-bond acceptors (Lipinski definition) is 5. The summed E-state index contributed by atoms with van der Waals surface area (Å²) >= 11 is 12.1. The Labute approximate surface area is 197 Å². The van der Waals surface area contributed by atoms with Crippen molar-refractivity contribution in [3.05, 3.63) is 63.1 Å². The number of cyclic esters (lactones) is 1. The largest absolute Gasteiger partial charge is 0.507 e. The molecule has 2 aromatic carbocycles. The van der Waals surface area contributed by atoms with E-state index in [2.05, 4.69) is 0 Å². The van der Waals surface area contributed by atoms with Crippen molar-refractivity contribution < 1.29 is 24.2 Å². The smallest absolute Gasteiger partial charge is 0.342 e. The first kappa shape index (κ1) is 24.1.